The van der Waals surface area contributed by atoms with Crippen LogP contribution in [0, 0.1) is 23.1 Å². The highest BCUT2D eigenvalue weighted by Crippen LogP contribution is 2.60. The zero-order chi connectivity index (χ0) is 19.6. The Kier molecular flexibility index (Phi) is 5.78. The monoisotopic (exact) mass is 408 g/mol. The quantitative estimate of drug-likeness (QED) is 0.529. The predicted octanol–water partition coefficient (Wildman–Crippen LogP) is 6.25. The lowest BCUT2D eigenvalue weighted by Crippen LogP contribution is -2.10. The summed E-state index contributed by atoms with van der Waals surface area (Å²) in [6.45, 7) is 4.10. The van der Waals surface area contributed by atoms with Crippen molar-refractivity contribution >= 4 is 29.2 Å². The summed E-state index contributed by atoms with van der Waals surface area (Å²) >= 11 is 11.4. The van der Waals surface area contributed by atoms with Crippen LogP contribution in [0.25, 0.3) is 0 Å². The van der Waals surface area contributed by atoms with E-state index in [1.165, 1.54) is 12.1 Å². The summed E-state index contributed by atoms with van der Waals surface area (Å²) in [6.07, 6.45) is 1.69. The molecule has 0 saturated heterocycles. The van der Waals surface area contributed by atoms with Gasteiger partial charge in [-0.3, -0.25) is 4.79 Å². The van der Waals surface area contributed by atoms with Crippen LogP contribution >= 0.6 is 23.2 Å². The van der Waals surface area contributed by atoms with Gasteiger partial charge in [-0.2, -0.15) is 0 Å². The smallest absolute Gasteiger partial charge is 0.310 e. The Morgan fingerprint density at radius 2 is 1.85 bits per heavy atom. The van der Waals surface area contributed by atoms with Gasteiger partial charge in [0.2, 0.25) is 0 Å². The second-order valence-corrected chi connectivity index (χ2v) is 8.10. The number of rotatable bonds is 6. The van der Waals surface area contributed by atoms with Crippen molar-refractivity contribution in [3.63, 3.8) is 0 Å². The fraction of sp³-hybridized carbons (Fsp3) is 0.286. The van der Waals surface area contributed by atoms with Gasteiger partial charge in [0, 0.05) is 0 Å². The lowest BCUT2D eigenvalue weighted by molar-refractivity contribution is -0.147. The van der Waals surface area contributed by atoms with Crippen LogP contribution in [-0.4, -0.2) is 5.97 Å². The van der Waals surface area contributed by atoms with Crippen molar-refractivity contribution in [3.05, 3.63) is 70.5 Å². The fourth-order valence-corrected chi connectivity index (χ4v) is 3.43. The van der Waals surface area contributed by atoms with Crippen LogP contribution in [0.3, 0.4) is 0 Å². The molecule has 3 nitrogen and oxygen atoms in total. The molecule has 2 atom stereocenters. The molecule has 6 heteroatoms. The number of carbonyl (C=O) groups excluding carboxylic acids is 1. The van der Waals surface area contributed by atoms with E-state index in [1.54, 1.807) is 30.3 Å². The van der Waals surface area contributed by atoms with Gasteiger partial charge < -0.3 is 9.47 Å². The number of carbonyl (C=O) groups is 1. The summed E-state index contributed by atoms with van der Waals surface area (Å²) in [4.78, 5) is 12.4. The maximum absolute atomic E-state index is 13.0. The predicted molar refractivity (Wildman–Crippen MR) is 103 cm³/mol. The molecule has 2 unspecified atom stereocenters. The number of ether oxygens (including phenoxy) is 2. The first-order chi connectivity index (χ1) is 12.8. The van der Waals surface area contributed by atoms with E-state index in [1.807, 2.05) is 26.0 Å². The van der Waals surface area contributed by atoms with E-state index >= 15 is 0 Å². The highest BCUT2D eigenvalue weighted by molar-refractivity contribution is 6.55. The van der Waals surface area contributed by atoms with Crippen LogP contribution < -0.4 is 4.74 Å². The van der Waals surface area contributed by atoms with Gasteiger partial charge in [-0.25, -0.2) is 4.39 Å². The number of esters is 1. The molecule has 1 aliphatic carbocycles. The lowest BCUT2D eigenvalue weighted by atomic mass is 10.1. The lowest BCUT2D eigenvalue weighted by Gasteiger charge is -2.09. The molecule has 0 aromatic heterocycles. The van der Waals surface area contributed by atoms with Gasteiger partial charge in [-0.1, -0.05) is 49.2 Å². The molecule has 0 heterocycles. The Morgan fingerprint density at radius 1 is 1.15 bits per heavy atom. The largest absolute Gasteiger partial charge is 0.461 e. The van der Waals surface area contributed by atoms with Crippen LogP contribution in [0.5, 0.6) is 11.5 Å². The molecule has 1 saturated carbocycles. The number of hydrogen-bond donors (Lipinski definition) is 0. The second kappa shape index (κ2) is 7.91. The van der Waals surface area contributed by atoms with Crippen LogP contribution in [0.4, 0.5) is 4.39 Å². The van der Waals surface area contributed by atoms with Gasteiger partial charge in [0.1, 0.15) is 28.4 Å². The third kappa shape index (κ3) is 4.82. The minimum atomic E-state index is -0.324. The summed E-state index contributed by atoms with van der Waals surface area (Å²) in [7, 11) is 0. The zero-order valence-corrected chi connectivity index (χ0v) is 16.4. The maximum atomic E-state index is 13.0. The first-order valence-electron chi connectivity index (χ1n) is 8.49. The molecule has 27 heavy (non-hydrogen) atoms. The number of benzene rings is 2. The van der Waals surface area contributed by atoms with E-state index in [4.69, 9.17) is 32.7 Å². The zero-order valence-electron chi connectivity index (χ0n) is 14.9. The topological polar surface area (TPSA) is 35.5 Å². The number of allylic oxidation sites excluding steroid dienone is 1. The van der Waals surface area contributed by atoms with Gasteiger partial charge in [-0.15, -0.1) is 0 Å². The molecule has 0 radical (unpaired) electrons. The van der Waals surface area contributed by atoms with E-state index in [0.29, 0.717) is 11.5 Å². The molecule has 1 fully saturated rings. The summed E-state index contributed by atoms with van der Waals surface area (Å²) in [5.74, 6) is 0.219. The molecule has 3 rings (SSSR count). The molecule has 2 aromatic carbocycles. The molecule has 0 aliphatic heterocycles. The van der Waals surface area contributed by atoms with E-state index in [9.17, 15) is 9.18 Å². The third-order valence-electron chi connectivity index (χ3n) is 4.80. The van der Waals surface area contributed by atoms with E-state index in [0.717, 1.165) is 5.56 Å². The SMILES string of the molecule is CC1(C)C(C=C(Cl)Cl)C1C(=O)OCc1cccc(Oc2ccc(F)cc2)c1. The van der Waals surface area contributed by atoms with Gasteiger partial charge in [0.15, 0.2) is 0 Å². The van der Waals surface area contributed by atoms with E-state index < -0.39 is 0 Å². The fourth-order valence-electron chi connectivity index (χ4n) is 3.16. The average molecular weight is 409 g/mol. The Morgan fingerprint density at radius 3 is 2.52 bits per heavy atom. The molecular formula is C21H19Cl2FO3. The molecule has 142 valence electrons. The Balaban J connectivity index is 1.59. The van der Waals surface area contributed by atoms with E-state index in [-0.39, 0.29) is 40.1 Å². The van der Waals surface area contributed by atoms with Gasteiger partial charge in [-0.05, 0) is 59.4 Å². The van der Waals surface area contributed by atoms with Crippen molar-refractivity contribution in [2.75, 3.05) is 0 Å². The second-order valence-electron chi connectivity index (χ2n) is 7.09. The Labute approximate surface area is 167 Å². The summed E-state index contributed by atoms with van der Waals surface area (Å²) < 4.78 is 24.3. The first-order valence-corrected chi connectivity index (χ1v) is 9.25. The van der Waals surface area contributed by atoms with Crippen LogP contribution in [0.2, 0.25) is 0 Å². The van der Waals surface area contributed by atoms with Crippen molar-refractivity contribution in [1.29, 1.82) is 0 Å². The van der Waals surface area contributed by atoms with Crippen LogP contribution in [0.1, 0.15) is 19.4 Å². The summed E-state index contributed by atoms with van der Waals surface area (Å²) in [6, 6.07) is 13.0. The average Bonchev–Trinajstić information content (AvgIpc) is 3.14. The highest BCUT2D eigenvalue weighted by atomic mass is 35.5. The normalized spacial score (nSPS) is 19.9. The minimum Gasteiger partial charge on any atom is -0.461 e. The standard InChI is InChI=1S/C21H19Cl2FO3/c1-21(2)17(11-18(22)23)19(21)20(25)26-12-13-4-3-5-16(10-13)27-15-8-6-14(24)7-9-15/h3-11,17,19H,12H2,1-2H3. The molecule has 0 spiro atoms. The van der Waals surface area contributed by atoms with Gasteiger partial charge >= 0.3 is 5.97 Å². The molecule has 2 aromatic rings. The van der Waals surface area contributed by atoms with Crippen molar-refractivity contribution in [2.24, 2.45) is 17.3 Å². The van der Waals surface area contributed by atoms with Crippen LogP contribution in [0.15, 0.2) is 59.1 Å². The van der Waals surface area contributed by atoms with Gasteiger partial charge in [0.05, 0.1) is 5.92 Å². The number of hydrogen-bond acceptors (Lipinski definition) is 3. The molecule has 0 bridgehead atoms. The molecule has 0 amide bonds. The van der Waals surface area contributed by atoms with Crippen molar-refractivity contribution in [1.82, 2.24) is 0 Å². The Hall–Kier alpha value is -2.04. The van der Waals surface area contributed by atoms with Crippen LogP contribution in [-0.2, 0) is 16.1 Å². The molecule has 1 aliphatic rings. The van der Waals surface area contributed by atoms with Crippen molar-refractivity contribution in [3.8, 4) is 11.5 Å². The highest BCUT2D eigenvalue weighted by Gasteiger charge is 2.61. The minimum absolute atomic E-state index is 0.0249. The van der Waals surface area contributed by atoms with Crippen molar-refractivity contribution in [2.45, 2.75) is 20.5 Å². The van der Waals surface area contributed by atoms with Crippen molar-refractivity contribution < 1.29 is 18.7 Å². The van der Waals surface area contributed by atoms with Gasteiger partial charge in [0.25, 0.3) is 0 Å². The summed E-state index contributed by atoms with van der Waals surface area (Å²) in [5.41, 5.74) is 0.573. The Bertz CT molecular complexity index is 858. The first kappa shape index (κ1) is 19.7. The molecular weight excluding hydrogens is 390 g/mol. The maximum Gasteiger partial charge on any atom is 0.310 e. The molecule has 0 N–H and O–H groups in total. The number of halogens is 3. The summed E-state index contributed by atoms with van der Waals surface area (Å²) in [5, 5.41) is 0. The van der Waals surface area contributed by atoms with E-state index in [2.05, 4.69) is 0 Å². The third-order valence-corrected chi connectivity index (χ3v) is 5.05.